The first-order valence-corrected chi connectivity index (χ1v) is 4.57. The summed E-state index contributed by atoms with van der Waals surface area (Å²) in [6.07, 6.45) is 0. The lowest BCUT2D eigenvalue weighted by Crippen LogP contribution is -1.97. The van der Waals surface area contributed by atoms with Crippen LogP contribution in [-0.2, 0) is 6.61 Å². The molecule has 2 N–H and O–H groups in total. The van der Waals surface area contributed by atoms with Gasteiger partial charge in [-0.15, -0.1) is 0 Å². The van der Waals surface area contributed by atoms with Crippen molar-refractivity contribution in [3.63, 3.8) is 0 Å². The number of para-hydroxylation sites is 1. The fourth-order valence-electron chi connectivity index (χ4n) is 1.04. The predicted octanol–water partition coefficient (Wildman–Crippen LogP) is 2.05. The minimum absolute atomic E-state index is 0.386. The van der Waals surface area contributed by atoms with Crippen LogP contribution >= 0.6 is 12.2 Å². The molecule has 0 aliphatic heterocycles. The smallest absolute Gasteiger partial charge is 0.213 e. The number of rotatable bonds is 3. The highest BCUT2D eigenvalue weighted by Gasteiger charge is 1.97. The second-order valence-electron chi connectivity index (χ2n) is 2.72. The molecule has 0 spiro atoms. The zero-order chi connectivity index (χ0) is 9.80. The van der Waals surface area contributed by atoms with Crippen LogP contribution in [-0.4, -0.2) is 15.2 Å². The molecule has 0 amide bonds. The minimum Gasteiger partial charge on any atom is -0.486 e. The van der Waals surface area contributed by atoms with Crippen molar-refractivity contribution in [2.24, 2.45) is 0 Å². The molecule has 0 aliphatic rings. The number of benzene rings is 1. The second kappa shape index (κ2) is 4.06. The van der Waals surface area contributed by atoms with E-state index in [2.05, 4.69) is 15.2 Å². The highest BCUT2D eigenvalue weighted by molar-refractivity contribution is 7.71. The SMILES string of the molecule is S=c1nc(COc2ccccc2)[nH][nH]1. The third-order valence-corrected chi connectivity index (χ3v) is 1.86. The van der Waals surface area contributed by atoms with E-state index in [-0.39, 0.29) is 0 Å². The van der Waals surface area contributed by atoms with Crippen molar-refractivity contribution < 1.29 is 4.74 Å². The summed E-state index contributed by atoms with van der Waals surface area (Å²) >= 11 is 4.81. The van der Waals surface area contributed by atoms with E-state index in [1.165, 1.54) is 0 Å². The Balaban J connectivity index is 1.98. The van der Waals surface area contributed by atoms with E-state index in [1.54, 1.807) is 0 Å². The summed E-state index contributed by atoms with van der Waals surface area (Å²) in [5.74, 6) is 1.51. The number of aromatic nitrogens is 3. The van der Waals surface area contributed by atoms with Gasteiger partial charge < -0.3 is 4.74 Å². The Kier molecular flexibility index (Phi) is 2.60. The lowest BCUT2D eigenvalue weighted by molar-refractivity contribution is 0.296. The van der Waals surface area contributed by atoms with Crippen molar-refractivity contribution in [1.29, 1.82) is 0 Å². The molecule has 0 saturated carbocycles. The highest BCUT2D eigenvalue weighted by Crippen LogP contribution is 2.09. The number of ether oxygens (including phenoxy) is 1. The summed E-state index contributed by atoms with van der Waals surface area (Å²) in [4.78, 5) is 4.00. The fourth-order valence-corrected chi connectivity index (χ4v) is 1.20. The molecular weight excluding hydrogens is 198 g/mol. The van der Waals surface area contributed by atoms with Gasteiger partial charge in [0.05, 0.1) is 0 Å². The molecule has 2 aromatic rings. The van der Waals surface area contributed by atoms with Crippen LogP contribution in [0.15, 0.2) is 30.3 Å². The van der Waals surface area contributed by atoms with E-state index in [0.29, 0.717) is 17.2 Å². The zero-order valence-corrected chi connectivity index (χ0v) is 8.17. The Morgan fingerprint density at radius 3 is 2.64 bits per heavy atom. The van der Waals surface area contributed by atoms with Crippen molar-refractivity contribution in [1.82, 2.24) is 15.2 Å². The van der Waals surface area contributed by atoms with Crippen LogP contribution in [0, 0.1) is 4.77 Å². The molecule has 14 heavy (non-hydrogen) atoms. The molecule has 1 heterocycles. The molecule has 0 radical (unpaired) electrons. The summed E-state index contributed by atoms with van der Waals surface area (Å²) in [5, 5.41) is 5.51. The van der Waals surface area contributed by atoms with Gasteiger partial charge in [-0.25, -0.2) is 4.98 Å². The number of nitrogens with one attached hydrogen (secondary N) is 2. The van der Waals surface area contributed by atoms with Crippen LogP contribution in [0.4, 0.5) is 0 Å². The van der Waals surface area contributed by atoms with Crippen LogP contribution in [0.5, 0.6) is 5.75 Å². The fraction of sp³-hybridized carbons (Fsp3) is 0.111. The summed E-state index contributed by atoms with van der Waals surface area (Å²) in [6, 6.07) is 9.56. The van der Waals surface area contributed by atoms with E-state index >= 15 is 0 Å². The van der Waals surface area contributed by atoms with Crippen LogP contribution < -0.4 is 4.74 Å². The minimum atomic E-state index is 0.386. The lowest BCUT2D eigenvalue weighted by Gasteiger charge is -2.01. The van der Waals surface area contributed by atoms with E-state index < -0.39 is 0 Å². The zero-order valence-electron chi connectivity index (χ0n) is 7.36. The maximum absolute atomic E-state index is 5.45. The van der Waals surface area contributed by atoms with Gasteiger partial charge in [0, 0.05) is 0 Å². The van der Waals surface area contributed by atoms with E-state index in [1.807, 2.05) is 30.3 Å². The van der Waals surface area contributed by atoms with E-state index in [4.69, 9.17) is 17.0 Å². The molecule has 0 atom stereocenters. The number of hydrogen-bond donors (Lipinski definition) is 2. The highest BCUT2D eigenvalue weighted by atomic mass is 32.1. The van der Waals surface area contributed by atoms with Crippen LogP contribution in [0.1, 0.15) is 5.82 Å². The first-order valence-electron chi connectivity index (χ1n) is 4.16. The van der Waals surface area contributed by atoms with Crippen LogP contribution in [0.2, 0.25) is 0 Å². The van der Waals surface area contributed by atoms with Gasteiger partial charge in [0.2, 0.25) is 4.77 Å². The quantitative estimate of drug-likeness (QED) is 0.757. The monoisotopic (exact) mass is 207 g/mol. The molecule has 5 heteroatoms. The average molecular weight is 207 g/mol. The van der Waals surface area contributed by atoms with Crippen molar-refractivity contribution in [3.8, 4) is 5.75 Å². The number of H-pyrrole nitrogens is 2. The number of nitrogens with zero attached hydrogens (tertiary/aromatic N) is 1. The molecule has 1 aromatic carbocycles. The van der Waals surface area contributed by atoms with Crippen LogP contribution in [0.3, 0.4) is 0 Å². The predicted molar refractivity (Wildman–Crippen MR) is 54.5 cm³/mol. The summed E-state index contributed by atoms with van der Waals surface area (Å²) in [7, 11) is 0. The van der Waals surface area contributed by atoms with Gasteiger partial charge in [0.25, 0.3) is 0 Å². The first-order chi connectivity index (χ1) is 6.84. The summed E-state index contributed by atoms with van der Waals surface area (Å²) in [6.45, 7) is 0.386. The maximum Gasteiger partial charge on any atom is 0.213 e. The molecule has 4 nitrogen and oxygen atoms in total. The Hall–Kier alpha value is -1.62. The van der Waals surface area contributed by atoms with E-state index in [9.17, 15) is 0 Å². The number of aromatic amines is 2. The Morgan fingerprint density at radius 1 is 1.21 bits per heavy atom. The molecule has 0 bridgehead atoms. The lowest BCUT2D eigenvalue weighted by atomic mass is 10.3. The topological polar surface area (TPSA) is 53.7 Å². The van der Waals surface area contributed by atoms with Crippen molar-refractivity contribution in [2.75, 3.05) is 0 Å². The normalized spacial score (nSPS) is 10.0. The molecular formula is C9H9N3OS. The Labute approximate surface area is 85.9 Å². The maximum atomic E-state index is 5.45. The third-order valence-electron chi connectivity index (χ3n) is 1.67. The molecule has 1 aromatic heterocycles. The van der Waals surface area contributed by atoms with Crippen LogP contribution in [0.25, 0.3) is 0 Å². The Morgan fingerprint density at radius 2 is 2.00 bits per heavy atom. The van der Waals surface area contributed by atoms with Gasteiger partial charge in [0.15, 0.2) is 5.82 Å². The van der Waals surface area contributed by atoms with Gasteiger partial charge in [-0.05, 0) is 24.4 Å². The molecule has 0 aliphatic carbocycles. The summed E-state index contributed by atoms with van der Waals surface area (Å²) < 4.78 is 5.89. The number of hydrogen-bond acceptors (Lipinski definition) is 3. The molecule has 0 saturated heterocycles. The summed E-state index contributed by atoms with van der Waals surface area (Å²) in [5.41, 5.74) is 0. The largest absolute Gasteiger partial charge is 0.486 e. The molecule has 72 valence electrons. The van der Waals surface area contributed by atoms with Gasteiger partial charge in [-0.3, -0.25) is 10.2 Å². The molecule has 0 fully saturated rings. The second-order valence-corrected chi connectivity index (χ2v) is 3.10. The Bertz CT molecular complexity index is 448. The van der Waals surface area contributed by atoms with Gasteiger partial charge in [-0.2, -0.15) is 0 Å². The van der Waals surface area contributed by atoms with Gasteiger partial charge >= 0.3 is 0 Å². The standard InChI is InChI=1S/C9H9N3OS/c14-9-10-8(11-12-9)6-13-7-4-2-1-3-5-7/h1-5H,6H2,(H2,10,11,12,14). The molecule has 2 rings (SSSR count). The van der Waals surface area contributed by atoms with E-state index in [0.717, 1.165) is 5.75 Å². The van der Waals surface area contributed by atoms with Gasteiger partial charge in [0.1, 0.15) is 12.4 Å². The van der Waals surface area contributed by atoms with Crippen molar-refractivity contribution in [3.05, 3.63) is 40.9 Å². The first kappa shape index (κ1) is 8.96. The van der Waals surface area contributed by atoms with Crippen molar-refractivity contribution >= 4 is 12.2 Å². The molecule has 0 unspecified atom stereocenters. The average Bonchev–Trinajstić information content (AvgIpc) is 2.63. The third kappa shape index (κ3) is 2.20. The van der Waals surface area contributed by atoms with Crippen molar-refractivity contribution in [2.45, 2.75) is 6.61 Å². The van der Waals surface area contributed by atoms with Gasteiger partial charge in [-0.1, -0.05) is 18.2 Å².